The predicted molar refractivity (Wildman–Crippen MR) is 138 cm³/mol. The quantitative estimate of drug-likeness (QED) is 0.467. The van der Waals surface area contributed by atoms with Crippen LogP contribution in [-0.2, 0) is 4.79 Å². The van der Waals surface area contributed by atoms with Crippen LogP contribution >= 0.6 is 11.6 Å². The number of anilines is 3. The van der Waals surface area contributed by atoms with Crippen LogP contribution in [0.15, 0.2) is 36.4 Å². The highest BCUT2D eigenvalue weighted by Crippen LogP contribution is 2.33. The van der Waals surface area contributed by atoms with E-state index in [1.54, 1.807) is 18.2 Å². The molecule has 4 rings (SSSR count). The lowest BCUT2D eigenvalue weighted by molar-refractivity contribution is -0.384. The molecule has 0 atom stereocenters. The number of hydrogen-bond donors (Lipinski definition) is 1. The van der Waals surface area contributed by atoms with Gasteiger partial charge in [0.05, 0.1) is 27.5 Å². The van der Waals surface area contributed by atoms with Crippen LogP contribution in [0.3, 0.4) is 0 Å². The van der Waals surface area contributed by atoms with Crippen LogP contribution in [0.5, 0.6) is 0 Å². The monoisotopic (exact) mass is 499 g/mol. The van der Waals surface area contributed by atoms with Crippen LogP contribution in [0.1, 0.15) is 37.0 Å². The number of piperazine rings is 1. The van der Waals surface area contributed by atoms with Gasteiger partial charge in [-0.1, -0.05) is 25.4 Å². The summed E-state index contributed by atoms with van der Waals surface area (Å²) in [5.41, 5.74) is 2.15. The van der Waals surface area contributed by atoms with E-state index in [0.717, 1.165) is 31.6 Å². The SMILES string of the molecule is CC(C)C(=O)N1CCN(c2ccc(Cl)cc2NC(=O)c2cc([N+](=O)[O-])ccc2N2CCCC2)CC1. The summed E-state index contributed by atoms with van der Waals surface area (Å²) >= 11 is 6.27. The zero-order chi connectivity index (χ0) is 25.1. The van der Waals surface area contributed by atoms with Gasteiger partial charge < -0.3 is 20.0 Å². The van der Waals surface area contributed by atoms with E-state index in [2.05, 4.69) is 15.1 Å². The third-order valence-corrected chi connectivity index (χ3v) is 6.75. The molecular formula is C25H30ClN5O4. The molecule has 0 spiro atoms. The topological polar surface area (TPSA) is 99.0 Å². The van der Waals surface area contributed by atoms with Crippen molar-refractivity contribution < 1.29 is 14.5 Å². The third kappa shape index (κ3) is 5.51. The van der Waals surface area contributed by atoms with Crippen LogP contribution < -0.4 is 15.1 Å². The molecule has 0 unspecified atom stereocenters. The summed E-state index contributed by atoms with van der Waals surface area (Å²) in [7, 11) is 0. The van der Waals surface area contributed by atoms with Crippen LogP contribution in [0.4, 0.5) is 22.7 Å². The molecule has 0 bridgehead atoms. The Morgan fingerprint density at radius 3 is 2.20 bits per heavy atom. The van der Waals surface area contributed by atoms with E-state index < -0.39 is 10.8 Å². The number of amides is 2. The van der Waals surface area contributed by atoms with Crippen LogP contribution in [-0.4, -0.2) is 60.9 Å². The van der Waals surface area contributed by atoms with Gasteiger partial charge in [-0.05, 0) is 37.1 Å². The Bertz CT molecular complexity index is 1120. The van der Waals surface area contributed by atoms with Gasteiger partial charge in [0.15, 0.2) is 0 Å². The van der Waals surface area contributed by atoms with Crippen LogP contribution in [0.2, 0.25) is 5.02 Å². The Morgan fingerprint density at radius 1 is 0.943 bits per heavy atom. The van der Waals surface area contributed by atoms with Crippen molar-refractivity contribution in [3.63, 3.8) is 0 Å². The number of halogens is 1. The molecule has 2 saturated heterocycles. The van der Waals surface area contributed by atoms with E-state index in [9.17, 15) is 19.7 Å². The predicted octanol–water partition coefficient (Wildman–Crippen LogP) is 4.41. The number of nitrogens with zero attached hydrogens (tertiary/aromatic N) is 4. The van der Waals surface area contributed by atoms with Crippen molar-refractivity contribution >= 4 is 46.2 Å². The van der Waals surface area contributed by atoms with Gasteiger partial charge in [-0.3, -0.25) is 19.7 Å². The molecule has 2 fully saturated rings. The Kier molecular flexibility index (Phi) is 7.45. The molecule has 9 nitrogen and oxygen atoms in total. The summed E-state index contributed by atoms with van der Waals surface area (Å²) < 4.78 is 0. The standard InChI is InChI=1S/C25H30ClN5O4/c1-17(2)25(33)30-13-11-29(12-14-30)23-7-5-18(26)15-21(23)27-24(32)20-16-19(31(34)35)6-8-22(20)28-9-3-4-10-28/h5-8,15-17H,3-4,9-14H2,1-2H3,(H,27,32). The molecule has 35 heavy (non-hydrogen) atoms. The third-order valence-electron chi connectivity index (χ3n) is 6.52. The highest BCUT2D eigenvalue weighted by molar-refractivity contribution is 6.31. The minimum atomic E-state index is -0.493. The molecule has 0 radical (unpaired) electrons. The number of non-ortho nitro benzene ring substituents is 1. The van der Waals surface area contributed by atoms with Gasteiger partial charge in [-0.25, -0.2) is 0 Å². The first kappa shape index (κ1) is 24.8. The molecule has 0 aliphatic carbocycles. The van der Waals surface area contributed by atoms with E-state index >= 15 is 0 Å². The van der Waals surface area contributed by atoms with Crippen molar-refractivity contribution in [2.45, 2.75) is 26.7 Å². The summed E-state index contributed by atoms with van der Waals surface area (Å²) in [6.07, 6.45) is 2.03. The van der Waals surface area contributed by atoms with E-state index in [0.29, 0.717) is 42.6 Å². The lowest BCUT2D eigenvalue weighted by Crippen LogP contribution is -2.50. The first-order valence-electron chi connectivity index (χ1n) is 11.9. The van der Waals surface area contributed by atoms with E-state index in [-0.39, 0.29) is 23.1 Å². The second kappa shape index (κ2) is 10.5. The fourth-order valence-electron chi connectivity index (χ4n) is 4.66. The van der Waals surface area contributed by atoms with Crippen molar-refractivity contribution in [1.29, 1.82) is 0 Å². The number of nitro groups is 1. The first-order chi connectivity index (χ1) is 16.7. The number of nitro benzene ring substituents is 1. The molecular weight excluding hydrogens is 470 g/mol. The van der Waals surface area contributed by atoms with Gasteiger partial charge in [0.2, 0.25) is 5.91 Å². The van der Waals surface area contributed by atoms with Crippen LogP contribution in [0.25, 0.3) is 0 Å². The van der Waals surface area contributed by atoms with Crippen molar-refractivity contribution in [3.8, 4) is 0 Å². The number of carbonyl (C=O) groups is 2. The number of nitrogens with one attached hydrogen (secondary N) is 1. The molecule has 2 aromatic rings. The number of benzene rings is 2. The normalized spacial score (nSPS) is 16.1. The number of carbonyl (C=O) groups excluding carboxylic acids is 2. The highest BCUT2D eigenvalue weighted by atomic mass is 35.5. The van der Waals surface area contributed by atoms with Gasteiger partial charge in [0.1, 0.15) is 0 Å². The van der Waals surface area contributed by atoms with Crippen LogP contribution in [0, 0.1) is 16.0 Å². The van der Waals surface area contributed by atoms with Crippen molar-refractivity contribution in [1.82, 2.24) is 4.90 Å². The second-order valence-electron chi connectivity index (χ2n) is 9.24. The molecule has 2 heterocycles. The number of hydrogen-bond acceptors (Lipinski definition) is 6. The zero-order valence-corrected chi connectivity index (χ0v) is 20.8. The molecule has 2 aliphatic heterocycles. The largest absolute Gasteiger partial charge is 0.371 e. The van der Waals surface area contributed by atoms with Gasteiger partial charge in [0.25, 0.3) is 11.6 Å². The van der Waals surface area contributed by atoms with Crippen molar-refractivity contribution in [2.75, 3.05) is 54.4 Å². The fraction of sp³-hybridized carbons (Fsp3) is 0.440. The lowest BCUT2D eigenvalue weighted by atomic mass is 10.1. The molecule has 0 saturated carbocycles. The lowest BCUT2D eigenvalue weighted by Gasteiger charge is -2.37. The maximum absolute atomic E-state index is 13.5. The summed E-state index contributed by atoms with van der Waals surface area (Å²) in [4.78, 5) is 42.8. The maximum atomic E-state index is 13.5. The maximum Gasteiger partial charge on any atom is 0.270 e. The van der Waals surface area contributed by atoms with Crippen molar-refractivity contribution in [2.24, 2.45) is 5.92 Å². The van der Waals surface area contributed by atoms with Crippen molar-refractivity contribution in [3.05, 3.63) is 57.1 Å². The molecule has 186 valence electrons. The molecule has 10 heteroatoms. The highest BCUT2D eigenvalue weighted by Gasteiger charge is 2.26. The average molecular weight is 500 g/mol. The summed E-state index contributed by atoms with van der Waals surface area (Å²) in [6, 6.07) is 9.74. The Balaban J connectivity index is 1.59. The Hall–Kier alpha value is -3.33. The molecule has 2 aliphatic rings. The van der Waals surface area contributed by atoms with E-state index in [4.69, 9.17) is 11.6 Å². The minimum Gasteiger partial charge on any atom is -0.371 e. The first-order valence-corrected chi connectivity index (χ1v) is 12.3. The van der Waals surface area contributed by atoms with Gasteiger partial charge >= 0.3 is 0 Å². The molecule has 2 aromatic carbocycles. The molecule has 0 aromatic heterocycles. The van der Waals surface area contributed by atoms with E-state index in [1.807, 2.05) is 24.8 Å². The van der Waals surface area contributed by atoms with E-state index in [1.165, 1.54) is 12.1 Å². The minimum absolute atomic E-state index is 0.0494. The van der Waals surface area contributed by atoms with Gasteiger partial charge in [0, 0.05) is 62.3 Å². The molecule has 1 N–H and O–H groups in total. The Morgan fingerprint density at radius 2 is 1.57 bits per heavy atom. The molecule has 2 amide bonds. The summed E-state index contributed by atoms with van der Waals surface area (Å²) in [5.74, 6) is -0.339. The average Bonchev–Trinajstić information content (AvgIpc) is 3.38. The Labute approximate surface area is 209 Å². The second-order valence-corrected chi connectivity index (χ2v) is 9.67. The van der Waals surface area contributed by atoms with Gasteiger partial charge in [-0.15, -0.1) is 0 Å². The smallest absolute Gasteiger partial charge is 0.270 e. The fourth-order valence-corrected chi connectivity index (χ4v) is 4.83. The summed E-state index contributed by atoms with van der Waals surface area (Å²) in [5, 5.41) is 14.8. The summed E-state index contributed by atoms with van der Waals surface area (Å²) in [6.45, 7) is 7.84. The number of rotatable bonds is 6. The zero-order valence-electron chi connectivity index (χ0n) is 20.0. The van der Waals surface area contributed by atoms with Gasteiger partial charge in [-0.2, -0.15) is 0 Å².